The van der Waals surface area contributed by atoms with Crippen LogP contribution >= 0.6 is 11.8 Å². The molecular formula is C10H23NO2S. The second-order valence-electron chi connectivity index (χ2n) is 3.22. The topological polar surface area (TPSA) is 44.5 Å². The van der Waals surface area contributed by atoms with Crippen molar-refractivity contribution in [1.82, 2.24) is 0 Å². The average Bonchev–Trinajstić information content (AvgIpc) is 2.17. The quantitative estimate of drug-likeness (QED) is 0.568. The van der Waals surface area contributed by atoms with Crippen LogP contribution in [0, 0.1) is 0 Å². The van der Waals surface area contributed by atoms with Gasteiger partial charge in [0, 0.05) is 31.3 Å². The molecule has 0 fully saturated rings. The molecule has 0 spiro atoms. The highest BCUT2D eigenvalue weighted by Crippen LogP contribution is 2.12. The number of methoxy groups -OCH3 is 1. The normalized spacial score (nSPS) is 13.1. The lowest BCUT2D eigenvalue weighted by Gasteiger charge is -2.09. The molecule has 0 saturated carbocycles. The van der Waals surface area contributed by atoms with Gasteiger partial charge in [-0.3, -0.25) is 0 Å². The highest BCUT2D eigenvalue weighted by Gasteiger charge is 2.00. The van der Waals surface area contributed by atoms with Crippen molar-refractivity contribution in [3.63, 3.8) is 0 Å². The molecule has 0 aliphatic carbocycles. The molecule has 86 valence electrons. The first-order valence-electron chi connectivity index (χ1n) is 5.19. The van der Waals surface area contributed by atoms with Gasteiger partial charge >= 0.3 is 0 Å². The Hall–Kier alpha value is 0.230. The first kappa shape index (κ1) is 14.2. The smallest absolute Gasteiger partial charge is 0.0556 e. The lowest BCUT2D eigenvalue weighted by Crippen LogP contribution is -2.09. The molecule has 2 N–H and O–H groups in total. The van der Waals surface area contributed by atoms with Gasteiger partial charge in [0.1, 0.15) is 0 Å². The van der Waals surface area contributed by atoms with Crippen LogP contribution in [0.1, 0.15) is 19.8 Å². The molecule has 4 heteroatoms. The third-order valence-electron chi connectivity index (χ3n) is 1.84. The van der Waals surface area contributed by atoms with E-state index in [2.05, 4.69) is 6.92 Å². The van der Waals surface area contributed by atoms with Crippen molar-refractivity contribution in [3.05, 3.63) is 0 Å². The van der Waals surface area contributed by atoms with Gasteiger partial charge in [-0.2, -0.15) is 11.8 Å². The molecule has 0 aliphatic heterocycles. The monoisotopic (exact) mass is 221 g/mol. The fourth-order valence-electron chi connectivity index (χ4n) is 1.03. The van der Waals surface area contributed by atoms with Gasteiger partial charge in [0.2, 0.25) is 0 Å². The molecule has 0 aromatic rings. The fraction of sp³-hybridized carbons (Fsp3) is 1.00. The van der Waals surface area contributed by atoms with Crippen molar-refractivity contribution in [2.75, 3.05) is 39.2 Å². The summed E-state index contributed by atoms with van der Waals surface area (Å²) in [6.45, 7) is 5.42. The Kier molecular flexibility index (Phi) is 11.5. The van der Waals surface area contributed by atoms with E-state index < -0.39 is 0 Å². The molecule has 1 unspecified atom stereocenters. The van der Waals surface area contributed by atoms with Crippen molar-refractivity contribution >= 4 is 11.8 Å². The molecule has 14 heavy (non-hydrogen) atoms. The van der Waals surface area contributed by atoms with Gasteiger partial charge in [-0.15, -0.1) is 0 Å². The molecule has 0 bridgehead atoms. The maximum absolute atomic E-state index is 5.46. The molecule has 0 aromatic heterocycles. The molecule has 3 nitrogen and oxygen atoms in total. The van der Waals surface area contributed by atoms with Gasteiger partial charge in [0.15, 0.2) is 0 Å². The van der Waals surface area contributed by atoms with Gasteiger partial charge in [-0.1, -0.05) is 6.92 Å². The Morgan fingerprint density at radius 3 is 2.71 bits per heavy atom. The standard InChI is InChI=1S/C10H23NO2S/c1-10(4-5-11)14-9-8-13-7-3-6-12-2/h10H,3-9,11H2,1-2H3. The number of rotatable bonds is 10. The molecule has 0 aromatic carbocycles. The van der Waals surface area contributed by atoms with Crippen LogP contribution in [0.2, 0.25) is 0 Å². The van der Waals surface area contributed by atoms with E-state index in [0.29, 0.717) is 5.25 Å². The number of hydrogen-bond donors (Lipinski definition) is 1. The number of hydrogen-bond acceptors (Lipinski definition) is 4. The predicted molar refractivity (Wildman–Crippen MR) is 62.9 cm³/mol. The van der Waals surface area contributed by atoms with E-state index in [-0.39, 0.29) is 0 Å². The largest absolute Gasteiger partial charge is 0.385 e. The summed E-state index contributed by atoms with van der Waals surface area (Å²) in [6.07, 6.45) is 2.08. The van der Waals surface area contributed by atoms with Gasteiger partial charge in [0.05, 0.1) is 6.61 Å². The third-order valence-corrected chi connectivity index (χ3v) is 3.05. The van der Waals surface area contributed by atoms with E-state index in [0.717, 1.165) is 45.0 Å². The van der Waals surface area contributed by atoms with Gasteiger partial charge in [-0.05, 0) is 19.4 Å². The second-order valence-corrected chi connectivity index (χ2v) is 4.76. The maximum atomic E-state index is 5.46. The van der Waals surface area contributed by atoms with Crippen molar-refractivity contribution in [1.29, 1.82) is 0 Å². The molecule has 0 aliphatic rings. The summed E-state index contributed by atoms with van der Waals surface area (Å²) in [5.41, 5.74) is 5.46. The zero-order chi connectivity index (χ0) is 10.6. The Bertz CT molecular complexity index is 114. The van der Waals surface area contributed by atoms with Gasteiger partial charge < -0.3 is 15.2 Å². The van der Waals surface area contributed by atoms with E-state index in [1.165, 1.54) is 0 Å². The van der Waals surface area contributed by atoms with E-state index in [1.807, 2.05) is 11.8 Å². The first-order chi connectivity index (χ1) is 6.81. The SMILES string of the molecule is COCCCOCCSC(C)CCN. The first-order valence-corrected chi connectivity index (χ1v) is 6.24. The number of nitrogens with two attached hydrogens (primary N) is 1. The van der Waals surface area contributed by atoms with E-state index in [9.17, 15) is 0 Å². The van der Waals surface area contributed by atoms with Crippen LogP contribution in [0.4, 0.5) is 0 Å². The number of ether oxygens (including phenoxy) is 2. The van der Waals surface area contributed by atoms with Gasteiger partial charge in [-0.25, -0.2) is 0 Å². The zero-order valence-electron chi connectivity index (χ0n) is 9.33. The predicted octanol–water partition coefficient (Wildman–Crippen LogP) is 1.51. The highest BCUT2D eigenvalue weighted by atomic mass is 32.2. The Morgan fingerprint density at radius 2 is 2.07 bits per heavy atom. The zero-order valence-corrected chi connectivity index (χ0v) is 10.1. The molecule has 0 radical (unpaired) electrons. The minimum absolute atomic E-state index is 0.655. The Morgan fingerprint density at radius 1 is 1.29 bits per heavy atom. The Labute approximate surface area is 91.7 Å². The van der Waals surface area contributed by atoms with E-state index in [4.69, 9.17) is 15.2 Å². The van der Waals surface area contributed by atoms with Crippen LogP contribution in [-0.2, 0) is 9.47 Å². The van der Waals surface area contributed by atoms with Crippen molar-refractivity contribution in [2.24, 2.45) is 5.73 Å². The van der Waals surface area contributed by atoms with E-state index in [1.54, 1.807) is 7.11 Å². The van der Waals surface area contributed by atoms with Crippen molar-refractivity contribution < 1.29 is 9.47 Å². The van der Waals surface area contributed by atoms with E-state index >= 15 is 0 Å². The van der Waals surface area contributed by atoms with Crippen molar-refractivity contribution in [2.45, 2.75) is 25.0 Å². The number of thioether (sulfide) groups is 1. The fourth-order valence-corrected chi connectivity index (χ4v) is 1.95. The van der Waals surface area contributed by atoms with Crippen LogP contribution in [0.5, 0.6) is 0 Å². The summed E-state index contributed by atoms with van der Waals surface area (Å²) >= 11 is 1.93. The third kappa shape index (κ3) is 10.3. The van der Waals surface area contributed by atoms with Crippen LogP contribution in [0.3, 0.4) is 0 Å². The molecule has 1 atom stereocenters. The Balaban J connectivity index is 2.98. The van der Waals surface area contributed by atoms with Crippen molar-refractivity contribution in [3.8, 4) is 0 Å². The maximum Gasteiger partial charge on any atom is 0.0556 e. The van der Waals surface area contributed by atoms with Crippen LogP contribution in [0.15, 0.2) is 0 Å². The lowest BCUT2D eigenvalue weighted by molar-refractivity contribution is 0.113. The molecule has 0 rings (SSSR count). The summed E-state index contributed by atoms with van der Waals surface area (Å²) in [5.74, 6) is 1.06. The minimum Gasteiger partial charge on any atom is -0.385 e. The molecule has 0 amide bonds. The lowest BCUT2D eigenvalue weighted by atomic mass is 10.3. The molecule has 0 saturated heterocycles. The summed E-state index contributed by atoms with van der Waals surface area (Å²) < 4.78 is 10.4. The van der Waals surface area contributed by atoms with Crippen LogP contribution in [-0.4, -0.2) is 44.5 Å². The van der Waals surface area contributed by atoms with Gasteiger partial charge in [0.25, 0.3) is 0 Å². The summed E-state index contributed by atoms with van der Waals surface area (Å²) in [6, 6.07) is 0. The summed E-state index contributed by atoms with van der Waals surface area (Å²) in [7, 11) is 1.71. The van der Waals surface area contributed by atoms with Crippen LogP contribution < -0.4 is 5.73 Å². The molecular weight excluding hydrogens is 198 g/mol. The summed E-state index contributed by atoms with van der Waals surface area (Å²) in [4.78, 5) is 0. The molecule has 0 heterocycles. The highest BCUT2D eigenvalue weighted by molar-refractivity contribution is 7.99. The second kappa shape index (κ2) is 11.3. The van der Waals surface area contributed by atoms with Crippen LogP contribution in [0.25, 0.3) is 0 Å². The average molecular weight is 221 g/mol. The minimum atomic E-state index is 0.655. The summed E-state index contributed by atoms with van der Waals surface area (Å²) in [5, 5.41) is 0.655.